The van der Waals surface area contributed by atoms with E-state index in [4.69, 9.17) is 9.84 Å². The number of nitrogens with zero attached hydrogens (tertiary/aromatic N) is 4. The first-order valence-electron chi connectivity index (χ1n) is 10.7. The third-order valence-electron chi connectivity index (χ3n) is 5.33. The summed E-state index contributed by atoms with van der Waals surface area (Å²) in [5.41, 5.74) is 6.92. The largest absolute Gasteiger partial charge is 0.497 e. The smallest absolute Gasteiger partial charge is 0.289 e. The monoisotopic (exact) mass is 447 g/mol. The van der Waals surface area contributed by atoms with Gasteiger partial charge in [0.15, 0.2) is 0 Å². The molecule has 5 aromatic rings. The van der Waals surface area contributed by atoms with Crippen molar-refractivity contribution in [3.05, 3.63) is 108 Å². The van der Waals surface area contributed by atoms with Crippen molar-refractivity contribution < 1.29 is 9.53 Å². The van der Waals surface area contributed by atoms with Gasteiger partial charge in [0, 0.05) is 22.7 Å². The first-order chi connectivity index (χ1) is 16.7. The van der Waals surface area contributed by atoms with Crippen molar-refractivity contribution in [2.45, 2.75) is 0 Å². The Morgan fingerprint density at radius 3 is 2.50 bits per heavy atom. The van der Waals surface area contributed by atoms with Crippen LogP contribution >= 0.6 is 0 Å². The van der Waals surface area contributed by atoms with E-state index in [2.05, 4.69) is 15.5 Å². The quantitative estimate of drug-likeness (QED) is 0.298. The van der Waals surface area contributed by atoms with Crippen LogP contribution in [0.5, 0.6) is 5.75 Å². The van der Waals surface area contributed by atoms with Gasteiger partial charge in [0.05, 0.1) is 24.5 Å². The molecule has 0 saturated carbocycles. The third kappa shape index (κ3) is 4.40. The minimum Gasteiger partial charge on any atom is -0.497 e. The molecule has 166 valence electrons. The van der Waals surface area contributed by atoms with Gasteiger partial charge in [-0.25, -0.2) is 15.1 Å². The minimum atomic E-state index is -0.386. The number of para-hydroxylation sites is 2. The Bertz CT molecular complexity index is 1470. The molecule has 0 fully saturated rings. The lowest BCUT2D eigenvalue weighted by molar-refractivity contribution is 0.0950. The third-order valence-corrected chi connectivity index (χ3v) is 5.33. The number of hydrogen-bond donors (Lipinski definition) is 1. The molecule has 0 spiro atoms. The van der Waals surface area contributed by atoms with Gasteiger partial charge in [-0.1, -0.05) is 42.5 Å². The van der Waals surface area contributed by atoms with Crippen LogP contribution in [0.15, 0.2) is 102 Å². The predicted molar refractivity (Wildman–Crippen MR) is 132 cm³/mol. The summed E-state index contributed by atoms with van der Waals surface area (Å²) in [6, 6.07) is 28.6. The Morgan fingerprint density at radius 1 is 0.941 bits per heavy atom. The molecule has 0 aliphatic rings. The highest BCUT2D eigenvalue weighted by molar-refractivity contribution is 5.96. The molecule has 1 N–H and O–H groups in total. The Balaban J connectivity index is 1.42. The highest BCUT2D eigenvalue weighted by atomic mass is 16.5. The van der Waals surface area contributed by atoms with E-state index in [0.717, 1.165) is 39.2 Å². The summed E-state index contributed by atoms with van der Waals surface area (Å²) in [6.07, 6.45) is 3.46. The molecule has 7 nitrogen and oxygen atoms in total. The summed E-state index contributed by atoms with van der Waals surface area (Å²) in [7, 11) is 1.63. The van der Waals surface area contributed by atoms with E-state index in [1.54, 1.807) is 24.1 Å². The lowest BCUT2D eigenvalue weighted by Crippen LogP contribution is -2.18. The fraction of sp³-hybridized carbons (Fsp3) is 0.0370. The molecule has 7 heteroatoms. The van der Waals surface area contributed by atoms with Crippen molar-refractivity contribution in [2.24, 2.45) is 5.10 Å². The number of rotatable bonds is 6. The number of fused-ring (bicyclic) bond motifs is 1. The maximum absolute atomic E-state index is 12.6. The van der Waals surface area contributed by atoms with Crippen LogP contribution in [0.4, 0.5) is 0 Å². The number of benzene rings is 3. The van der Waals surface area contributed by atoms with Crippen LogP contribution in [0, 0.1) is 0 Å². The number of amides is 1. The highest BCUT2D eigenvalue weighted by Crippen LogP contribution is 2.25. The molecule has 1 amide bonds. The van der Waals surface area contributed by atoms with E-state index in [-0.39, 0.29) is 5.91 Å². The number of hydrazone groups is 1. The minimum absolute atomic E-state index is 0.297. The second-order valence-corrected chi connectivity index (χ2v) is 7.53. The summed E-state index contributed by atoms with van der Waals surface area (Å²) in [6.45, 7) is 0. The Hall–Kier alpha value is -4.78. The topological polar surface area (TPSA) is 81.4 Å². The number of carbonyl (C=O) groups is 1. The normalized spacial score (nSPS) is 11.1. The summed E-state index contributed by atoms with van der Waals surface area (Å²) in [5.74, 6) is 0.375. The van der Waals surface area contributed by atoms with Gasteiger partial charge >= 0.3 is 0 Å². The van der Waals surface area contributed by atoms with Gasteiger partial charge in [0.25, 0.3) is 5.91 Å². The van der Waals surface area contributed by atoms with Gasteiger partial charge < -0.3 is 4.74 Å². The van der Waals surface area contributed by atoms with Crippen LogP contribution in [0.1, 0.15) is 16.1 Å². The lowest BCUT2D eigenvalue weighted by Gasteiger charge is -2.03. The van der Waals surface area contributed by atoms with E-state index in [1.807, 2.05) is 91.1 Å². The predicted octanol–water partition coefficient (Wildman–Crippen LogP) is 4.86. The first kappa shape index (κ1) is 21.1. The molecule has 0 aliphatic carbocycles. The van der Waals surface area contributed by atoms with Crippen LogP contribution in [-0.4, -0.2) is 34.0 Å². The van der Waals surface area contributed by atoms with Crippen LogP contribution in [0.3, 0.4) is 0 Å². The average molecular weight is 447 g/mol. The second-order valence-electron chi connectivity index (χ2n) is 7.53. The SMILES string of the molecule is COc1ccc(-c2nn(-c3ccccc3)cc2/C=N\NC(=O)c2ccc3ccccc3n2)cc1. The molecular weight excluding hydrogens is 426 g/mol. The van der Waals surface area contributed by atoms with Crippen LogP contribution in [-0.2, 0) is 0 Å². The van der Waals surface area contributed by atoms with Gasteiger partial charge in [-0.05, 0) is 48.5 Å². The van der Waals surface area contributed by atoms with E-state index < -0.39 is 0 Å². The summed E-state index contributed by atoms with van der Waals surface area (Å²) in [4.78, 5) is 17.0. The summed E-state index contributed by atoms with van der Waals surface area (Å²) in [5, 5.41) is 9.91. The van der Waals surface area contributed by atoms with Gasteiger partial charge in [-0.15, -0.1) is 0 Å². The molecule has 0 saturated heterocycles. The van der Waals surface area contributed by atoms with Crippen LogP contribution in [0.25, 0.3) is 27.8 Å². The summed E-state index contributed by atoms with van der Waals surface area (Å²) >= 11 is 0. The standard InChI is InChI=1S/C27H21N5O2/c1-34-23-14-11-20(12-15-23)26-21(18-32(31-26)22-8-3-2-4-9-22)17-28-30-27(33)25-16-13-19-7-5-6-10-24(19)29-25/h2-18H,1H3,(H,30,33)/b28-17-. The molecule has 0 bridgehead atoms. The Morgan fingerprint density at radius 2 is 1.71 bits per heavy atom. The fourth-order valence-electron chi connectivity index (χ4n) is 3.58. The van der Waals surface area contributed by atoms with Gasteiger partial charge in [0.1, 0.15) is 17.1 Å². The number of ether oxygens (including phenoxy) is 1. The Labute approximate surface area is 196 Å². The van der Waals surface area contributed by atoms with Gasteiger partial charge in [-0.3, -0.25) is 4.79 Å². The molecule has 0 atom stereocenters. The number of nitrogens with one attached hydrogen (secondary N) is 1. The first-order valence-corrected chi connectivity index (χ1v) is 10.7. The average Bonchev–Trinajstić information content (AvgIpc) is 3.33. The van der Waals surface area contributed by atoms with Crippen molar-refractivity contribution in [1.29, 1.82) is 0 Å². The molecule has 5 rings (SSSR count). The molecule has 0 radical (unpaired) electrons. The van der Waals surface area contributed by atoms with Gasteiger partial charge in [0.2, 0.25) is 0 Å². The van der Waals surface area contributed by atoms with Crippen molar-refractivity contribution in [1.82, 2.24) is 20.2 Å². The number of methoxy groups -OCH3 is 1. The molecule has 3 aromatic carbocycles. The number of hydrogen-bond acceptors (Lipinski definition) is 5. The maximum Gasteiger partial charge on any atom is 0.289 e. The number of pyridine rings is 1. The van der Waals surface area contributed by atoms with E-state index in [0.29, 0.717) is 5.69 Å². The molecule has 2 heterocycles. The molecule has 2 aromatic heterocycles. The number of carbonyl (C=O) groups excluding carboxylic acids is 1. The van der Waals surface area contributed by atoms with Crippen molar-refractivity contribution in [3.63, 3.8) is 0 Å². The maximum atomic E-state index is 12.6. The molecule has 34 heavy (non-hydrogen) atoms. The zero-order valence-corrected chi connectivity index (χ0v) is 18.4. The molecule has 0 aliphatic heterocycles. The van der Waals surface area contributed by atoms with Crippen molar-refractivity contribution in [2.75, 3.05) is 7.11 Å². The Kier molecular flexibility index (Phi) is 5.82. The van der Waals surface area contributed by atoms with E-state index in [9.17, 15) is 4.79 Å². The number of aromatic nitrogens is 3. The van der Waals surface area contributed by atoms with Crippen molar-refractivity contribution in [3.8, 4) is 22.7 Å². The van der Waals surface area contributed by atoms with E-state index >= 15 is 0 Å². The molecule has 0 unspecified atom stereocenters. The van der Waals surface area contributed by atoms with E-state index in [1.165, 1.54) is 0 Å². The van der Waals surface area contributed by atoms with Crippen molar-refractivity contribution >= 4 is 23.0 Å². The zero-order chi connectivity index (χ0) is 23.3. The summed E-state index contributed by atoms with van der Waals surface area (Å²) < 4.78 is 7.05. The highest BCUT2D eigenvalue weighted by Gasteiger charge is 2.12. The van der Waals surface area contributed by atoms with Crippen LogP contribution < -0.4 is 10.2 Å². The van der Waals surface area contributed by atoms with Crippen LogP contribution in [0.2, 0.25) is 0 Å². The lowest BCUT2D eigenvalue weighted by atomic mass is 10.1. The van der Waals surface area contributed by atoms with Gasteiger partial charge in [-0.2, -0.15) is 10.2 Å². The fourth-order valence-corrected chi connectivity index (χ4v) is 3.58. The second kappa shape index (κ2) is 9.38. The zero-order valence-electron chi connectivity index (χ0n) is 18.4. The molecular formula is C27H21N5O2.